The molecule has 3 heteroatoms. The summed E-state index contributed by atoms with van der Waals surface area (Å²) in [4.78, 5) is 2.30. The zero-order chi connectivity index (χ0) is 20.9. The van der Waals surface area contributed by atoms with E-state index in [9.17, 15) is 0 Å². The Kier molecular flexibility index (Phi) is 6.39. The van der Waals surface area contributed by atoms with Gasteiger partial charge in [0.05, 0.1) is 7.11 Å². The highest BCUT2D eigenvalue weighted by Gasteiger charge is 2.19. The molecule has 0 bridgehead atoms. The third kappa shape index (κ3) is 5.03. The van der Waals surface area contributed by atoms with Gasteiger partial charge in [0.15, 0.2) is 0 Å². The van der Waals surface area contributed by atoms with Crippen molar-refractivity contribution in [1.82, 2.24) is 4.90 Å². The molecule has 1 unspecified atom stereocenters. The number of hydrogen-bond donors (Lipinski definition) is 0. The second kappa shape index (κ2) is 9.36. The number of nitrogens with zero attached hydrogens (tertiary/aromatic N) is 1. The topological polar surface area (TPSA) is 21.7 Å². The second-order valence-corrected chi connectivity index (χ2v) is 8.52. The molecule has 3 aromatic rings. The molecule has 0 aromatic heterocycles. The van der Waals surface area contributed by atoms with Gasteiger partial charge >= 0.3 is 0 Å². The maximum atomic E-state index is 6.10. The van der Waals surface area contributed by atoms with Crippen LogP contribution in [0.15, 0.2) is 66.7 Å². The van der Waals surface area contributed by atoms with Crippen molar-refractivity contribution < 1.29 is 9.47 Å². The number of fused-ring (bicyclic) bond motifs is 1. The van der Waals surface area contributed by atoms with Crippen LogP contribution in [0.1, 0.15) is 23.1 Å². The molecule has 0 saturated heterocycles. The Hall–Kier alpha value is -2.78. The smallest absolute Gasteiger partial charge is 0.120 e. The van der Waals surface area contributed by atoms with E-state index in [-0.39, 0.29) is 0 Å². The van der Waals surface area contributed by atoms with Gasteiger partial charge in [-0.1, -0.05) is 42.5 Å². The molecule has 0 N–H and O–H groups in total. The number of benzene rings is 3. The van der Waals surface area contributed by atoms with Gasteiger partial charge in [-0.2, -0.15) is 0 Å². The highest BCUT2D eigenvalue weighted by atomic mass is 16.5. The lowest BCUT2D eigenvalue weighted by Gasteiger charge is -2.27. The fraction of sp³-hybridized carbons (Fsp3) is 0.333. The Morgan fingerprint density at radius 1 is 0.867 bits per heavy atom. The molecule has 1 atom stereocenters. The van der Waals surface area contributed by atoms with Crippen molar-refractivity contribution in [3.05, 3.63) is 83.4 Å². The average Bonchev–Trinajstić information content (AvgIpc) is 2.77. The summed E-state index contributed by atoms with van der Waals surface area (Å²) >= 11 is 0. The summed E-state index contributed by atoms with van der Waals surface area (Å²) in [6.45, 7) is 1.75. The fourth-order valence-electron chi connectivity index (χ4n) is 4.33. The van der Waals surface area contributed by atoms with Crippen LogP contribution in [0.4, 0.5) is 0 Å². The van der Waals surface area contributed by atoms with Gasteiger partial charge in [-0.25, -0.2) is 0 Å². The quantitative estimate of drug-likeness (QED) is 0.514. The monoisotopic (exact) mass is 401 g/mol. The predicted molar refractivity (Wildman–Crippen MR) is 123 cm³/mol. The van der Waals surface area contributed by atoms with Crippen LogP contribution in [0.5, 0.6) is 11.5 Å². The summed E-state index contributed by atoms with van der Waals surface area (Å²) in [7, 11) is 6.02. The maximum Gasteiger partial charge on any atom is 0.120 e. The Bertz CT molecular complexity index is 978. The summed E-state index contributed by atoms with van der Waals surface area (Å²) in [6, 6.07) is 23.3. The highest BCUT2D eigenvalue weighted by molar-refractivity contribution is 5.65. The minimum atomic E-state index is 0.584. The van der Waals surface area contributed by atoms with E-state index in [1.54, 1.807) is 7.11 Å². The van der Waals surface area contributed by atoms with E-state index in [1.807, 2.05) is 12.1 Å². The first-order chi connectivity index (χ1) is 14.6. The van der Waals surface area contributed by atoms with Crippen LogP contribution in [0.25, 0.3) is 11.1 Å². The SMILES string of the molecule is COc1cccc(-c2ccc(COc3ccc4c(c3)CCC(CN(C)C)C4)cc2)c1. The van der Waals surface area contributed by atoms with Crippen LogP contribution in [0.2, 0.25) is 0 Å². The Morgan fingerprint density at radius 2 is 1.70 bits per heavy atom. The van der Waals surface area contributed by atoms with Crippen molar-refractivity contribution in [3.8, 4) is 22.6 Å². The van der Waals surface area contributed by atoms with E-state index in [0.717, 1.165) is 29.4 Å². The molecule has 1 aliphatic carbocycles. The number of aryl methyl sites for hydroxylation is 1. The van der Waals surface area contributed by atoms with Crippen LogP contribution in [-0.2, 0) is 19.4 Å². The van der Waals surface area contributed by atoms with Gasteiger partial charge < -0.3 is 14.4 Å². The molecule has 0 fully saturated rings. The van der Waals surface area contributed by atoms with E-state index >= 15 is 0 Å². The molecule has 1 aliphatic rings. The third-order valence-corrected chi connectivity index (χ3v) is 5.89. The van der Waals surface area contributed by atoms with E-state index in [0.29, 0.717) is 6.61 Å². The van der Waals surface area contributed by atoms with Crippen molar-refractivity contribution in [2.75, 3.05) is 27.7 Å². The summed E-state index contributed by atoms with van der Waals surface area (Å²) in [5.74, 6) is 2.61. The summed E-state index contributed by atoms with van der Waals surface area (Å²) in [6.07, 6.45) is 3.60. The number of rotatable bonds is 7. The van der Waals surface area contributed by atoms with Crippen LogP contribution >= 0.6 is 0 Å². The van der Waals surface area contributed by atoms with E-state index in [1.165, 1.54) is 41.6 Å². The summed E-state index contributed by atoms with van der Waals surface area (Å²) in [5, 5.41) is 0. The lowest BCUT2D eigenvalue weighted by molar-refractivity contribution is 0.297. The lowest BCUT2D eigenvalue weighted by Crippen LogP contribution is -2.26. The molecular formula is C27H31NO2. The van der Waals surface area contributed by atoms with Crippen molar-refractivity contribution in [1.29, 1.82) is 0 Å². The first kappa shape index (κ1) is 20.5. The second-order valence-electron chi connectivity index (χ2n) is 8.52. The summed E-state index contributed by atoms with van der Waals surface area (Å²) in [5.41, 5.74) is 6.45. The first-order valence-electron chi connectivity index (χ1n) is 10.7. The Balaban J connectivity index is 1.37. The molecule has 4 rings (SSSR count). The molecule has 0 saturated carbocycles. The zero-order valence-electron chi connectivity index (χ0n) is 18.2. The molecular weight excluding hydrogens is 370 g/mol. The van der Waals surface area contributed by atoms with Gasteiger partial charge in [0.1, 0.15) is 18.1 Å². The van der Waals surface area contributed by atoms with Crippen molar-refractivity contribution in [2.24, 2.45) is 5.92 Å². The van der Waals surface area contributed by atoms with Gasteiger partial charge in [-0.05, 0) is 91.4 Å². The number of hydrogen-bond acceptors (Lipinski definition) is 3. The highest BCUT2D eigenvalue weighted by Crippen LogP contribution is 2.29. The molecule has 0 radical (unpaired) electrons. The number of methoxy groups -OCH3 is 1. The molecule has 30 heavy (non-hydrogen) atoms. The Morgan fingerprint density at radius 3 is 2.47 bits per heavy atom. The predicted octanol–water partition coefficient (Wildman–Crippen LogP) is 5.61. The molecule has 3 aromatic carbocycles. The molecule has 0 heterocycles. The van der Waals surface area contributed by atoms with Crippen molar-refractivity contribution in [2.45, 2.75) is 25.9 Å². The van der Waals surface area contributed by atoms with Gasteiger partial charge in [0, 0.05) is 6.54 Å². The normalized spacial score (nSPS) is 15.7. The first-order valence-corrected chi connectivity index (χ1v) is 10.7. The van der Waals surface area contributed by atoms with Crippen LogP contribution < -0.4 is 9.47 Å². The lowest BCUT2D eigenvalue weighted by atomic mass is 9.83. The van der Waals surface area contributed by atoms with E-state index < -0.39 is 0 Å². The van der Waals surface area contributed by atoms with Gasteiger partial charge in [-0.15, -0.1) is 0 Å². The largest absolute Gasteiger partial charge is 0.497 e. The minimum Gasteiger partial charge on any atom is -0.497 e. The van der Waals surface area contributed by atoms with Crippen LogP contribution in [-0.4, -0.2) is 32.6 Å². The fourth-order valence-corrected chi connectivity index (χ4v) is 4.33. The van der Waals surface area contributed by atoms with Crippen LogP contribution in [0.3, 0.4) is 0 Å². The average molecular weight is 402 g/mol. The molecule has 0 aliphatic heterocycles. The maximum absolute atomic E-state index is 6.10. The molecule has 0 amide bonds. The number of ether oxygens (including phenoxy) is 2. The molecule has 156 valence electrons. The molecule has 3 nitrogen and oxygen atoms in total. The van der Waals surface area contributed by atoms with Gasteiger partial charge in [0.2, 0.25) is 0 Å². The zero-order valence-corrected chi connectivity index (χ0v) is 18.2. The van der Waals surface area contributed by atoms with Crippen molar-refractivity contribution in [3.63, 3.8) is 0 Å². The van der Waals surface area contributed by atoms with Gasteiger partial charge in [-0.3, -0.25) is 0 Å². The van der Waals surface area contributed by atoms with Gasteiger partial charge in [0.25, 0.3) is 0 Å². The molecule has 0 spiro atoms. The summed E-state index contributed by atoms with van der Waals surface area (Å²) < 4.78 is 11.4. The third-order valence-electron chi connectivity index (χ3n) is 5.89. The van der Waals surface area contributed by atoms with Crippen LogP contribution in [0, 0.1) is 5.92 Å². The Labute approximate surface area is 180 Å². The minimum absolute atomic E-state index is 0.584. The van der Waals surface area contributed by atoms with E-state index in [2.05, 4.69) is 73.6 Å². The van der Waals surface area contributed by atoms with Crippen molar-refractivity contribution >= 4 is 0 Å². The standard InChI is InChI=1S/C27H31NO2/c1-28(2)18-21-9-12-25-17-27(14-13-24(25)15-21)30-19-20-7-10-22(11-8-20)23-5-4-6-26(16-23)29-3/h4-8,10-11,13-14,16-17,21H,9,12,15,18-19H2,1-3H3. The van der Waals surface area contributed by atoms with E-state index in [4.69, 9.17) is 9.47 Å².